The number of hydrogen-bond acceptors (Lipinski definition) is 6. The number of benzene rings is 1. The van der Waals surface area contributed by atoms with E-state index in [0.717, 1.165) is 24.5 Å². The Morgan fingerprint density at radius 1 is 1.26 bits per heavy atom. The quantitative estimate of drug-likeness (QED) is 0.542. The number of pyridine rings is 1. The average Bonchev–Trinajstić information content (AvgIpc) is 3.50. The summed E-state index contributed by atoms with van der Waals surface area (Å²) in [5, 5.41) is -0.155. The molecule has 3 aromatic rings. The van der Waals surface area contributed by atoms with Gasteiger partial charge in [0.25, 0.3) is 5.56 Å². The standard InChI is InChI=1S/C20H17Cl2N3O5S/c1-11-3-2-6-25-18(26)7-13(23-19(11)25)10-30-20(27)14-8-17(16(22)9-15(14)21)31(28,29)24-12-4-5-12/h2-3,6-9,12,24H,4-5,10H2,1H3. The highest BCUT2D eigenvalue weighted by atomic mass is 35.5. The number of sulfonamides is 1. The van der Waals surface area contributed by atoms with Gasteiger partial charge in [0, 0.05) is 18.3 Å². The van der Waals surface area contributed by atoms with Crippen LogP contribution >= 0.6 is 23.2 Å². The van der Waals surface area contributed by atoms with Crippen LogP contribution in [0.5, 0.6) is 0 Å². The highest BCUT2D eigenvalue weighted by Crippen LogP contribution is 2.31. The highest BCUT2D eigenvalue weighted by molar-refractivity contribution is 7.89. The summed E-state index contributed by atoms with van der Waals surface area (Å²) in [5.74, 6) is -0.865. The minimum atomic E-state index is -3.91. The largest absolute Gasteiger partial charge is 0.456 e. The van der Waals surface area contributed by atoms with E-state index in [-0.39, 0.29) is 44.4 Å². The molecule has 1 saturated carbocycles. The second-order valence-corrected chi connectivity index (χ2v) is 9.70. The molecule has 0 amide bonds. The van der Waals surface area contributed by atoms with E-state index in [0.29, 0.717) is 5.65 Å². The summed E-state index contributed by atoms with van der Waals surface area (Å²) >= 11 is 12.2. The monoisotopic (exact) mass is 481 g/mol. The van der Waals surface area contributed by atoms with E-state index in [9.17, 15) is 18.0 Å². The lowest BCUT2D eigenvalue weighted by molar-refractivity contribution is 0.0467. The number of aromatic nitrogens is 2. The molecule has 0 aliphatic heterocycles. The number of halogens is 2. The van der Waals surface area contributed by atoms with Gasteiger partial charge in [0.05, 0.1) is 21.3 Å². The van der Waals surface area contributed by atoms with Crippen molar-refractivity contribution in [1.82, 2.24) is 14.1 Å². The maximum absolute atomic E-state index is 12.6. The SMILES string of the molecule is Cc1cccn2c(=O)cc(COC(=O)c3cc(S(=O)(=O)NC4CC4)c(Cl)cc3Cl)nc12. The molecule has 0 unspecified atom stereocenters. The number of rotatable bonds is 6. The fourth-order valence-corrected chi connectivity index (χ4v) is 5.13. The molecular weight excluding hydrogens is 465 g/mol. The van der Waals surface area contributed by atoms with Crippen molar-refractivity contribution in [3.05, 3.63) is 73.7 Å². The first-order chi connectivity index (χ1) is 14.7. The lowest BCUT2D eigenvalue weighted by Crippen LogP contribution is -2.26. The van der Waals surface area contributed by atoms with Crippen molar-refractivity contribution in [2.75, 3.05) is 0 Å². The number of fused-ring (bicyclic) bond motifs is 1. The first kappa shape index (κ1) is 21.8. The molecule has 31 heavy (non-hydrogen) atoms. The summed E-state index contributed by atoms with van der Waals surface area (Å²) < 4.78 is 34.2. The zero-order valence-corrected chi connectivity index (χ0v) is 18.6. The van der Waals surface area contributed by atoms with Crippen molar-refractivity contribution in [3.63, 3.8) is 0 Å². The first-order valence-electron chi connectivity index (χ1n) is 9.32. The molecule has 1 fully saturated rings. The maximum Gasteiger partial charge on any atom is 0.340 e. The molecule has 0 bridgehead atoms. The Bertz CT molecular complexity index is 1370. The Balaban J connectivity index is 1.59. The van der Waals surface area contributed by atoms with E-state index in [4.69, 9.17) is 27.9 Å². The van der Waals surface area contributed by atoms with Gasteiger partial charge < -0.3 is 4.74 Å². The molecule has 0 radical (unpaired) electrons. The fraction of sp³-hybridized carbons (Fsp3) is 0.250. The van der Waals surface area contributed by atoms with Crippen LogP contribution in [0.1, 0.15) is 34.5 Å². The number of carbonyl (C=O) groups is 1. The third-order valence-corrected chi connectivity index (χ3v) is 7.02. The number of carbonyl (C=O) groups excluding carboxylic acids is 1. The van der Waals surface area contributed by atoms with Crippen LogP contribution in [-0.4, -0.2) is 29.8 Å². The van der Waals surface area contributed by atoms with E-state index in [1.807, 2.05) is 13.0 Å². The predicted molar refractivity (Wildman–Crippen MR) is 115 cm³/mol. The molecule has 11 heteroatoms. The number of aryl methyl sites for hydroxylation is 1. The third kappa shape index (κ3) is 4.59. The van der Waals surface area contributed by atoms with Gasteiger partial charge in [-0.05, 0) is 43.5 Å². The van der Waals surface area contributed by atoms with Crippen LogP contribution in [0.3, 0.4) is 0 Å². The number of esters is 1. The second-order valence-electron chi connectivity index (χ2n) is 7.20. The normalized spacial score (nSPS) is 14.0. The Morgan fingerprint density at radius 3 is 2.71 bits per heavy atom. The Kier molecular flexibility index (Phi) is 5.78. The number of hydrogen-bond donors (Lipinski definition) is 1. The highest BCUT2D eigenvalue weighted by Gasteiger charge is 2.30. The molecule has 1 aliphatic rings. The van der Waals surface area contributed by atoms with Crippen LogP contribution in [-0.2, 0) is 21.4 Å². The molecule has 1 aromatic carbocycles. The van der Waals surface area contributed by atoms with Gasteiger partial charge in [0.15, 0.2) is 0 Å². The van der Waals surface area contributed by atoms with Crippen LogP contribution < -0.4 is 10.3 Å². The third-order valence-electron chi connectivity index (χ3n) is 4.72. The van der Waals surface area contributed by atoms with Gasteiger partial charge >= 0.3 is 5.97 Å². The number of nitrogens with zero attached hydrogens (tertiary/aromatic N) is 2. The molecule has 8 nitrogen and oxygen atoms in total. The van der Waals surface area contributed by atoms with Gasteiger partial charge in [-0.1, -0.05) is 29.3 Å². The molecule has 162 valence electrons. The second kappa shape index (κ2) is 8.23. The van der Waals surface area contributed by atoms with Gasteiger partial charge in [-0.15, -0.1) is 0 Å². The van der Waals surface area contributed by atoms with Crippen molar-refractivity contribution in [3.8, 4) is 0 Å². The molecule has 2 heterocycles. The number of nitrogens with one attached hydrogen (secondary N) is 1. The van der Waals surface area contributed by atoms with Gasteiger partial charge in [-0.25, -0.2) is 22.9 Å². The van der Waals surface area contributed by atoms with Gasteiger partial charge in [-0.3, -0.25) is 9.20 Å². The lowest BCUT2D eigenvalue weighted by Gasteiger charge is -2.12. The van der Waals surface area contributed by atoms with Crippen LogP contribution in [0.25, 0.3) is 5.65 Å². The van der Waals surface area contributed by atoms with Gasteiger partial charge in [0.1, 0.15) is 17.1 Å². The zero-order valence-electron chi connectivity index (χ0n) is 16.3. The molecule has 1 N–H and O–H groups in total. The Morgan fingerprint density at radius 2 is 2.00 bits per heavy atom. The van der Waals surface area contributed by atoms with Gasteiger partial charge in [-0.2, -0.15) is 0 Å². The van der Waals surface area contributed by atoms with Crippen molar-refractivity contribution in [2.24, 2.45) is 0 Å². The average molecular weight is 482 g/mol. The van der Waals surface area contributed by atoms with Crippen LogP contribution in [0, 0.1) is 6.92 Å². The van der Waals surface area contributed by atoms with E-state index >= 15 is 0 Å². The summed E-state index contributed by atoms with van der Waals surface area (Å²) in [6.07, 6.45) is 3.09. The van der Waals surface area contributed by atoms with Crippen LogP contribution in [0.4, 0.5) is 0 Å². The van der Waals surface area contributed by atoms with E-state index in [2.05, 4.69) is 9.71 Å². The molecule has 2 aromatic heterocycles. The minimum absolute atomic E-state index is 0.0530. The van der Waals surface area contributed by atoms with Gasteiger partial charge in [0.2, 0.25) is 10.0 Å². The van der Waals surface area contributed by atoms with Crippen molar-refractivity contribution in [1.29, 1.82) is 0 Å². The zero-order chi connectivity index (χ0) is 22.3. The molecular formula is C20H17Cl2N3O5S. The maximum atomic E-state index is 12.6. The fourth-order valence-electron chi connectivity index (χ4n) is 2.98. The van der Waals surface area contributed by atoms with E-state index in [1.165, 1.54) is 16.5 Å². The Hall–Kier alpha value is -2.46. The van der Waals surface area contributed by atoms with Crippen molar-refractivity contribution in [2.45, 2.75) is 37.3 Å². The van der Waals surface area contributed by atoms with E-state index in [1.54, 1.807) is 12.3 Å². The molecule has 4 rings (SSSR count). The molecule has 0 atom stereocenters. The summed E-state index contributed by atoms with van der Waals surface area (Å²) in [4.78, 5) is 29.0. The summed E-state index contributed by atoms with van der Waals surface area (Å²) in [6, 6.07) is 6.95. The first-order valence-corrected chi connectivity index (χ1v) is 11.6. The van der Waals surface area contributed by atoms with Crippen LogP contribution in [0.2, 0.25) is 10.0 Å². The smallest absolute Gasteiger partial charge is 0.340 e. The molecule has 1 aliphatic carbocycles. The predicted octanol–water partition coefficient (Wildman–Crippen LogP) is 3.11. The van der Waals surface area contributed by atoms with E-state index < -0.39 is 16.0 Å². The molecule has 0 spiro atoms. The van der Waals surface area contributed by atoms with Crippen molar-refractivity contribution >= 4 is 44.8 Å². The Labute approximate surface area is 187 Å². The summed E-state index contributed by atoms with van der Waals surface area (Å²) in [6.45, 7) is 1.52. The summed E-state index contributed by atoms with van der Waals surface area (Å²) in [7, 11) is -3.91. The number of ether oxygens (including phenoxy) is 1. The molecule has 0 saturated heterocycles. The summed E-state index contributed by atoms with van der Waals surface area (Å²) in [5.41, 5.74) is 1.01. The van der Waals surface area contributed by atoms with Crippen molar-refractivity contribution < 1.29 is 17.9 Å². The topological polar surface area (TPSA) is 107 Å². The lowest BCUT2D eigenvalue weighted by atomic mass is 10.2. The van der Waals surface area contributed by atoms with Crippen LogP contribution in [0.15, 0.2) is 46.2 Å². The minimum Gasteiger partial charge on any atom is -0.456 e.